The summed E-state index contributed by atoms with van der Waals surface area (Å²) in [6, 6.07) is 4.87. The van der Waals surface area contributed by atoms with Crippen LogP contribution in [0.3, 0.4) is 0 Å². The number of hydrogen-bond donors (Lipinski definition) is 1. The van der Waals surface area contributed by atoms with Crippen molar-refractivity contribution in [1.82, 2.24) is 4.90 Å². The number of piperidine rings is 1. The third-order valence-electron chi connectivity index (χ3n) is 3.83. The lowest BCUT2D eigenvalue weighted by molar-refractivity contribution is 0.0551. The van der Waals surface area contributed by atoms with Crippen LogP contribution in [0.5, 0.6) is 5.75 Å². The lowest BCUT2D eigenvalue weighted by Gasteiger charge is -2.38. The predicted octanol–water partition coefficient (Wildman–Crippen LogP) is 3.31. The van der Waals surface area contributed by atoms with Crippen molar-refractivity contribution in [2.75, 3.05) is 6.54 Å². The molecule has 2 atom stereocenters. The maximum Gasteiger partial charge on any atom is 0.254 e. The summed E-state index contributed by atoms with van der Waals surface area (Å²) in [6.45, 7) is 5.06. The molecule has 3 nitrogen and oxygen atoms in total. The molecule has 98 valence electrons. The number of phenolic OH excluding ortho intramolecular Hbond substituents is 1. The maximum atomic E-state index is 12.4. The Hall–Kier alpha value is -1.22. The molecule has 1 N–H and O–H groups in total. The Bertz CT molecular complexity index is 461. The highest BCUT2D eigenvalue weighted by atomic mass is 35.5. The molecule has 0 aliphatic carbocycles. The number of hydrogen-bond acceptors (Lipinski definition) is 2. The number of amides is 1. The van der Waals surface area contributed by atoms with Crippen molar-refractivity contribution in [3.05, 3.63) is 28.8 Å². The van der Waals surface area contributed by atoms with E-state index in [-0.39, 0.29) is 22.7 Å². The van der Waals surface area contributed by atoms with Gasteiger partial charge < -0.3 is 10.0 Å². The maximum absolute atomic E-state index is 12.4. The Labute approximate surface area is 112 Å². The summed E-state index contributed by atoms with van der Waals surface area (Å²) in [6.07, 6.45) is 2.21. The van der Waals surface area contributed by atoms with E-state index in [1.165, 1.54) is 18.6 Å². The fourth-order valence-corrected chi connectivity index (χ4v) is 2.61. The van der Waals surface area contributed by atoms with Crippen molar-refractivity contribution in [3.63, 3.8) is 0 Å². The number of phenols is 1. The molecule has 1 aromatic rings. The molecule has 0 bridgehead atoms. The largest absolute Gasteiger partial charge is 0.506 e. The van der Waals surface area contributed by atoms with Crippen molar-refractivity contribution in [1.29, 1.82) is 0 Å². The van der Waals surface area contributed by atoms with Crippen molar-refractivity contribution < 1.29 is 9.90 Å². The Balaban J connectivity index is 2.22. The Morgan fingerprint density at radius 2 is 2.17 bits per heavy atom. The first-order chi connectivity index (χ1) is 8.50. The van der Waals surface area contributed by atoms with Crippen LogP contribution < -0.4 is 0 Å². The van der Waals surface area contributed by atoms with Gasteiger partial charge in [-0.05, 0) is 43.9 Å². The first-order valence-electron chi connectivity index (χ1n) is 6.30. The molecule has 0 saturated carbocycles. The van der Waals surface area contributed by atoms with Crippen molar-refractivity contribution in [2.45, 2.75) is 32.7 Å². The average molecular weight is 268 g/mol. The van der Waals surface area contributed by atoms with Gasteiger partial charge >= 0.3 is 0 Å². The second-order valence-electron chi connectivity index (χ2n) is 5.02. The first kappa shape index (κ1) is 13.2. The van der Waals surface area contributed by atoms with E-state index in [0.717, 1.165) is 13.0 Å². The SMILES string of the molecule is CC1CCCN(C(=O)c2ccc(O)c(Cl)c2)C1C. The number of likely N-dealkylation sites (tertiary alicyclic amines) is 1. The van der Waals surface area contributed by atoms with Crippen molar-refractivity contribution >= 4 is 17.5 Å². The molecular weight excluding hydrogens is 250 g/mol. The van der Waals surface area contributed by atoms with E-state index in [0.29, 0.717) is 11.5 Å². The number of nitrogens with zero attached hydrogens (tertiary/aromatic N) is 1. The van der Waals surface area contributed by atoms with Gasteiger partial charge in [0.05, 0.1) is 5.02 Å². The van der Waals surface area contributed by atoms with E-state index in [2.05, 4.69) is 13.8 Å². The molecular formula is C14H18ClNO2. The number of benzene rings is 1. The van der Waals surface area contributed by atoms with Crippen LogP contribution in [0.1, 0.15) is 37.0 Å². The van der Waals surface area contributed by atoms with Crippen molar-refractivity contribution in [3.8, 4) is 5.75 Å². The topological polar surface area (TPSA) is 40.5 Å². The van der Waals surface area contributed by atoms with Gasteiger partial charge in [-0.1, -0.05) is 18.5 Å². The van der Waals surface area contributed by atoms with Crippen LogP contribution in [-0.2, 0) is 0 Å². The van der Waals surface area contributed by atoms with E-state index in [4.69, 9.17) is 11.6 Å². The highest BCUT2D eigenvalue weighted by Gasteiger charge is 2.29. The lowest BCUT2D eigenvalue weighted by Crippen LogP contribution is -2.46. The molecule has 0 aromatic heterocycles. The monoisotopic (exact) mass is 267 g/mol. The minimum atomic E-state index is -0.00375. The third kappa shape index (κ3) is 2.46. The summed E-state index contributed by atoms with van der Waals surface area (Å²) >= 11 is 5.84. The van der Waals surface area contributed by atoms with Crippen LogP contribution in [0.2, 0.25) is 5.02 Å². The second-order valence-corrected chi connectivity index (χ2v) is 5.43. The third-order valence-corrected chi connectivity index (χ3v) is 4.13. The zero-order chi connectivity index (χ0) is 13.3. The average Bonchev–Trinajstić information content (AvgIpc) is 2.35. The van der Waals surface area contributed by atoms with E-state index in [1.54, 1.807) is 6.07 Å². The summed E-state index contributed by atoms with van der Waals surface area (Å²) in [7, 11) is 0. The molecule has 1 amide bonds. The molecule has 18 heavy (non-hydrogen) atoms. The van der Waals surface area contributed by atoms with Gasteiger partial charge in [-0.15, -0.1) is 0 Å². The lowest BCUT2D eigenvalue weighted by atomic mass is 9.91. The normalized spacial score (nSPS) is 24.1. The summed E-state index contributed by atoms with van der Waals surface area (Å²) in [4.78, 5) is 14.3. The number of rotatable bonds is 1. The number of aromatic hydroxyl groups is 1. The molecule has 4 heteroatoms. The smallest absolute Gasteiger partial charge is 0.254 e. The molecule has 1 aromatic carbocycles. The zero-order valence-electron chi connectivity index (χ0n) is 10.7. The predicted molar refractivity (Wildman–Crippen MR) is 72.0 cm³/mol. The zero-order valence-corrected chi connectivity index (χ0v) is 11.4. The van der Waals surface area contributed by atoms with Gasteiger partial charge in [-0.2, -0.15) is 0 Å². The molecule has 2 unspecified atom stereocenters. The Morgan fingerprint density at radius 3 is 2.83 bits per heavy atom. The van der Waals surface area contributed by atoms with Gasteiger partial charge in [0.2, 0.25) is 0 Å². The van der Waals surface area contributed by atoms with E-state index >= 15 is 0 Å². The van der Waals surface area contributed by atoms with Gasteiger partial charge in [0.25, 0.3) is 5.91 Å². The molecule has 0 spiro atoms. The van der Waals surface area contributed by atoms with Gasteiger partial charge in [-0.3, -0.25) is 4.79 Å². The molecule has 1 saturated heterocycles. The molecule has 1 heterocycles. The van der Waals surface area contributed by atoms with Crippen LogP contribution in [0.25, 0.3) is 0 Å². The van der Waals surface area contributed by atoms with Gasteiger partial charge in [0.15, 0.2) is 0 Å². The number of carbonyl (C=O) groups is 1. The van der Waals surface area contributed by atoms with Crippen molar-refractivity contribution in [2.24, 2.45) is 5.92 Å². The van der Waals surface area contributed by atoms with Gasteiger partial charge in [0, 0.05) is 18.2 Å². The molecule has 2 rings (SSSR count). The van der Waals surface area contributed by atoms with Gasteiger partial charge in [0.1, 0.15) is 5.75 Å². The summed E-state index contributed by atoms with van der Waals surface area (Å²) in [5.41, 5.74) is 0.541. The minimum Gasteiger partial charge on any atom is -0.506 e. The van der Waals surface area contributed by atoms with E-state index in [1.807, 2.05) is 4.90 Å². The standard InChI is InChI=1S/C14H18ClNO2/c1-9-4-3-7-16(10(9)2)14(18)11-5-6-13(17)12(15)8-11/h5-6,8-10,17H,3-4,7H2,1-2H3. The molecule has 0 radical (unpaired) electrons. The summed E-state index contributed by atoms with van der Waals surface area (Å²) in [5.74, 6) is 0.527. The second kappa shape index (κ2) is 5.19. The van der Waals surface area contributed by atoms with Gasteiger partial charge in [-0.25, -0.2) is 0 Å². The molecule has 1 aliphatic heterocycles. The highest BCUT2D eigenvalue weighted by molar-refractivity contribution is 6.32. The first-order valence-corrected chi connectivity index (χ1v) is 6.68. The fraction of sp³-hybridized carbons (Fsp3) is 0.500. The fourth-order valence-electron chi connectivity index (χ4n) is 2.43. The van der Waals surface area contributed by atoms with Crippen LogP contribution in [0.15, 0.2) is 18.2 Å². The van der Waals surface area contributed by atoms with Crippen LogP contribution in [0.4, 0.5) is 0 Å². The van der Waals surface area contributed by atoms with Crippen LogP contribution in [0, 0.1) is 5.92 Å². The Kier molecular flexibility index (Phi) is 3.81. The Morgan fingerprint density at radius 1 is 1.44 bits per heavy atom. The van der Waals surface area contributed by atoms with Crippen LogP contribution >= 0.6 is 11.6 Å². The number of halogens is 1. The molecule has 1 fully saturated rings. The quantitative estimate of drug-likeness (QED) is 0.848. The van der Waals surface area contributed by atoms with E-state index < -0.39 is 0 Å². The minimum absolute atomic E-state index is 0.00375. The van der Waals surface area contributed by atoms with E-state index in [9.17, 15) is 9.90 Å². The number of carbonyl (C=O) groups excluding carboxylic acids is 1. The van der Waals surface area contributed by atoms with Crippen LogP contribution in [-0.4, -0.2) is 28.5 Å². The summed E-state index contributed by atoms with van der Waals surface area (Å²) < 4.78 is 0. The molecule has 1 aliphatic rings. The highest BCUT2D eigenvalue weighted by Crippen LogP contribution is 2.27. The summed E-state index contributed by atoms with van der Waals surface area (Å²) in [5, 5.41) is 9.59.